The molecule has 0 spiro atoms. The number of benzene rings is 2. The molecule has 1 aliphatic rings. The van der Waals surface area contributed by atoms with Gasteiger partial charge in [-0.25, -0.2) is 9.07 Å². The molecule has 10 heteroatoms. The maximum atomic E-state index is 13.6. The van der Waals surface area contributed by atoms with E-state index in [1.807, 2.05) is 41.2 Å². The number of nitrogens with one attached hydrogen (secondary N) is 1. The fourth-order valence-electron chi connectivity index (χ4n) is 4.84. The molecule has 2 aromatic carbocycles. The van der Waals surface area contributed by atoms with Crippen molar-refractivity contribution in [3.05, 3.63) is 78.1 Å². The standard InChI is InChI=1S/C23H25FN8O/c1-33-22-9-7-20(32-15-27-28-30-32)12-18(22)13-25-21-8-4-17(14-31-11-10-26-29-31)23(21)16-2-5-19(24)6-3-16/h2-3,5-7,9-12,15,17,21,23,25H,4,8,13-14H2,1H3/t17-,21+,23-/m1/s1. The Morgan fingerprint density at radius 2 is 1.97 bits per heavy atom. The normalized spacial score (nSPS) is 20.2. The van der Waals surface area contributed by atoms with Crippen molar-refractivity contribution >= 4 is 0 Å². The zero-order valence-corrected chi connectivity index (χ0v) is 18.3. The van der Waals surface area contributed by atoms with Gasteiger partial charge in [0.25, 0.3) is 0 Å². The monoisotopic (exact) mass is 448 g/mol. The van der Waals surface area contributed by atoms with E-state index in [1.165, 1.54) is 12.1 Å². The van der Waals surface area contributed by atoms with E-state index in [2.05, 4.69) is 31.2 Å². The van der Waals surface area contributed by atoms with Crippen molar-refractivity contribution in [2.24, 2.45) is 5.92 Å². The van der Waals surface area contributed by atoms with Crippen LogP contribution in [0.4, 0.5) is 4.39 Å². The summed E-state index contributed by atoms with van der Waals surface area (Å²) in [5.41, 5.74) is 3.01. The molecule has 0 radical (unpaired) electrons. The van der Waals surface area contributed by atoms with Crippen LogP contribution in [0.3, 0.4) is 0 Å². The second-order valence-corrected chi connectivity index (χ2v) is 8.28. The largest absolute Gasteiger partial charge is 0.496 e. The number of tetrazole rings is 1. The third-order valence-electron chi connectivity index (χ3n) is 6.37. The van der Waals surface area contributed by atoms with Crippen molar-refractivity contribution in [2.45, 2.75) is 37.9 Å². The number of hydrogen-bond donors (Lipinski definition) is 1. The van der Waals surface area contributed by atoms with Gasteiger partial charge < -0.3 is 10.1 Å². The van der Waals surface area contributed by atoms with Crippen molar-refractivity contribution in [1.29, 1.82) is 0 Å². The predicted molar refractivity (Wildman–Crippen MR) is 118 cm³/mol. The summed E-state index contributed by atoms with van der Waals surface area (Å²) < 4.78 is 22.7. The van der Waals surface area contributed by atoms with Gasteiger partial charge in [-0.05, 0) is 65.1 Å². The highest BCUT2D eigenvalue weighted by Gasteiger charge is 2.37. The minimum absolute atomic E-state index is 0.224. The number of nitrogens with zero attached hydrogens (tertiary/aromatic N) is 7. The summed E-state index contributed by atoms with van der Waals surface area (Å²) in [6.45, 7) is 1.40. The molecular weight excluding hydrogens is 423 g/mol. The van der Waals surface area contributed by atoms with Crippen LogP contribution >= 0.6 is 0 Å². The van der Waals surface area contributed by atoms with Gasteiger partial charge in [-0.2, -0.15) is 0 Å². The van der Waals surface area contributed by atoms with Crippen LogP contribution in [-0.4, -0.2) is 48.4 Å². The van der Waals surface area contributed by atoms with Crippen molar-refractivity contribution in [1.82, 2.24) is 40.5 Å². The van der Waals surface area contributed by atoms with Crippen molar-refractivity contribution in [3.8, 4) is 11.4 Å². The van der Waals surface area contributed by atoms with E-state index in [9.17, 15) is 4.39 Å². The summed E-state index contributed by atoms with van der Waals surface area (Å²) in [5, 5.41) is 23.2. The van der Waals surface area contributed by atoms with Gasteiger partial charge >= 0.3 is 0 Å². The van der Waals surface area contributed by atoms with Crippen LogP contribution in [0.25, 0.3) is 5.69 Å². The first-order valence-corrected chi connectivity index (χ1v) is 10.9. The Bertz CT molecular complexity index is 1160. The number of halogens is 1. The average molecular weight is 449 g/mol. The molecule has 9 nitrogen and oxygen atoms in total. The van der Waals surface area contributed by atoms with E-state index in [0.717, 1.165) is 42.0 Å². The predicted octanol–water partition coefficient (Wildman–Crippen LogP) is 2.75. The topological polar surface area (TPSA) is 95.6 Å². The summed E-state index contributed by atoms with van der Waals surface area (Å²) in [6, 6.07) is 13.0. The van der Waals surface area contributed by atoms with E-state index < -0.39 is 0 Å². The van der Waals surface area contributed by atoms with Gasteiger partial charge in [0.1, 0.15) is 17.9 Å². The molecule has 5 rings (SSSR count). The average Bonchev–Trinajstić information content (AvgIpc) is 3.61. The highest BCUT2D eigenvalue weighted by atomic mass is 19.1. The fraction of sp³-hybridized carbons (Fsp3) is 0.348. The second-order valence-electron chi connectivity index (χ2n) is 8.28. The number of methoxy groups -OCH3 is 1. The fourth-order valence-corrected chi connectivity index (χ4v) is 4.84. The molecule has 1 saturated carbocycles. The van der Waals surface area contributed by atoms with Crippen LogP contribution in [0, 0.1) is 11.7 Å². The molecule has 1 aliphatic carbocycles. The molecule has 2 aromatic heterocycles. The zero-order valence-electron chi connectivity index (χ0n) is 18.3. The molecule has 2 heterocycles. The first kappa shape index (κ1) is 21.2. The lowest BCUT2D eigenvalue weighted by Crippen LogP contribution is -2.33. The van der Waals surface area contributed by atoms with Crippen LogP contribution in [0.5, 0.6) is 5.75 Å². The molecule has 0 unspecified atom stereocenters. The van der Waals surface area contributed by atoms with Crippen LogP contribution in [0.15, 0.2) is 61.2 Å². The molecule has 4 aromatic rings. The molecular formula is C23H25FN8O. The van der Waals surface area contributed by atoms with E-state index in [0.29, 0.717) is 12.5 Å². The molecule has 1 fully saturated rings. The summed E-state index contributed by atoms with van der Waals surface area (Å²) >= 11 is 0. The summed E-state index contributed by atoms with van der Waals surface area (Å²) in [4.78, 5) is 0. The molecule has 0 bridgehead atoms. The lowest BCUT2D eigenvalue weighted by Gasteiger charge is -2.27. The first-order valence-electron chi connectivity index (χ1n) is 10.9. The highest BCUT2D eigenvalue weighted by Crippen LogP contribution is 2.41. The van der Waals surface area contributed by atoms with Gasteiger partial charge in [-0.1, -0.05) is 17.3 Å². The lowest BCUT2D eigenvalue weighted by atomic mass is 9.86. The second kappa shape index (κ2) is 9.45. The molecule has 170 valence electrons. The van der Waals surface area contributed by atoms with Crippen LogP contribution < -0.4 is 10.1 Å². The molecule has 3 atom stereocenters. The highest BCUT2D eigenvalue weighted by molar-refractivity contribution is 5.43. The summed E-state index contributed by atoms with van der Waals surface area (Å²) in [7, 11) is 1.67. The third-order valence-corrected chi connectivity index (χ3v) is 6.37. The quantitative estimate of drug-likeness (QED) is 0.443. The Kier molecular flexibility index (Phi) is 6.07. The Morgan fingerprint density at radius 1 is 1.09 bits per heavy atom. The van der Waals surface area contributed by atoms with E-state index in [1.54, 1.807) is 24.3 Å². The van der Waals surface area contributed by atoms with Gasteiger partial charge in [0.05, 0.1) is 19.0 Å². The SMILES string of the molecule is COc1ccc(-n2cnnn2)cc1CN[C@H]1CC[C@H](Cn2ccnn2)[C@H]1c1ccc(F)cc1. The van der Waals surface area contributed by atoms with Gasteiger partial charge in [-0.3, -0.25) is 4.68 Å². The molecule has 33 heavy (non-hydrogen) atoms. The molecule has 0 aliphatic heterocycles. The number of rotatable bonds is 8. The number of hydrogen-bond acceptors (Lipinski definition) is 7. The molecule has 0 saturated heterocycles. The smallest absolute Gasteiger partial charge is 0.143 e. The zero-order chi connectivity index (χ0) is 22.6. The van der Waals surface area contributed by atoms with E-state index in [-0.39, 0.29) is 17.8 Å². The van der Waals surface area contributed by atoms with Gasteiger partial charge in [0.15, 0.2) is 0 Å². The Morgan fingerprint density at radius 3 is 2.70 bits per heavy atom. The molecule has 1 N–H and O–H groups in total. The minimum Gasteiger partial charge on any atom is -0.496 e. The maximum absolute atomic E-state index is 13.6. The first-order chi connectivity index (χ1) is 16.2. The van der Waals surface area contributed by atoms with E-state index in [4.69, 9.17) is 4.74 Å². The van der Waals surface area contributed by atoms with Crippen molar-refractivity contribution in [3.63, 3.8) is 0 Å². The van der Waals surface area contributed by atoms with E-state index >= 15 is 0 Å². The third kappa shape index (κ3) is 4.61. The van der Waals surface area contributed by atoms with Crippen molar-refractivity contribution in [2.75, 3.05) is 7.11 Å². The van der Waals surface area contributed by atoms with Gasteiger partial charge in [0, 0.05) is 36.8 Å². The number of ether oxygens (including phenoxy) is 1. The summed E-state index contributed by atoms with van der Waals surface area (Å²) in [5.74, 6) is 1.17. The van der Waals surface area contributed by atoms with Crippen LogP contribution in [0.2, 0.25) is 0 Å². The van der Waals surface area contributed by atoms with Gasteiger partial charge in [-0.15, -0.1) is 10.2 Å². The van der Waals surface area contributed by atoms with Crippen molar-refractivity contribution < 1.29 is 9.13 Å². The molecule has 0 amide bonds. The Hall–Kier alpha value is -3.66. The number of aromatic nitrogens is 7. The van der Waals surface area contributed by atoms with Gasteiger partial charge in [0.2, 0.25) is 0 Å². The Balaban J connectivity index is 1.37. The lowest BCUT2D eigenvalue weighted by molar-refractivity contribution is 0.355. The summed E-state index contributed by atoms with van der Waals surface area (Å²) in [6.07, 6.45) is 7.20. The maximum Gasteiger partial charge on any atom is 0.143 e. The van der Waals surface area contributed by atoms with Crippen LogP contribution in [0.1, 0.15) is 29.9 Å². The Labute approximate surface area is 190 Å². The minimum atomic E-state index is -0.224. The van der Waals surface area contributed by atoms with Crippen LogP contribution in [-0.2, 0) is 13.1 Å².